The Kier molecular flexibility index (Phi) is 7.82. The first-order chi connectivity index (χ1) is 9.60. The minimum atomic E-state index is -0.0882. The zero-order valence-electron chi connectivity index (χ0n) is 13.3. The second-order valence-electron chi connectivity index (χ2n) is 5.78. The zero-order chi connectivity index (χ0) is 15.0. The van der Waals surface area contributed by atoms with Gasteiger partial charge in [0.15, 0.2) is 0 Å². The van der Waals surface area contributed by atoms with Gasteiger partial charge < -0.3 is 10.2 Å². The van der Waals surface area contributed by atoms with Crippen LogP contribution in [0.15, 0.2) is 0 Å². The highest BCUT2D eigenvalue weighted by molar-refractivity contribution is 5.87. The number of nitrogens with one attached hydrogen (secondary N) is 1. The average molecular weight is 282 g/mol. The van der Waals surface area contributed by atoms with E-state index >= 15 is 0 Å². The largest absolute Gasteiger partial charge is 0.356 e. The van der Waals surface area contributed by atoms with Gasteiger partial charge >= 0.3 is 0 Å². The van der Waals surface area contributed by atoms with Gasteiger partial charge in [-0.3, -0.25) is 9.59 Å². The Balaban J connectivity index is 2.32. The predicted octanol–water partition coefficient (Wildman–Crippen LogP) is 2.23. The number of hydrogen-bond acceptors (Lipinski definition) is 3. The molecule has 0 aromatic rings. The molecule has 0 saturated heterocycles. The van der Waals surface area contributed by atoms with Gasteiger partial charge in [0.1, 0.15) is 5.78 Å². The topological polar surface area (TPSA) is 49.4 Å². The van der Waals surface area contributed by atoms with Crippen LogP contribution in [0, 0.1) is 11.8 Å². The van der Waals surface area contributed by atoms with E-state index in [1.807, 2.05) is 0 Å². The van der Waals surface area contributed by atoms with Crippen molar-refractivity contribution in [2.45, 2.75) is 52.9 Å². The summed E-state index contributed by atoms with van der Waals surface area (Å²) in [5.74, 6) is 0.124. The summed E-state index contributed by atoms with van der Waals surface area (Å²) in [4.78, 5) is 26.2. The molecule has 2 atom stereocenters. The number of ketones is 1. The molecule has 1 amide bonds. The fourth-order valence-electron chi connectivity index (χ4n) is 3.12. The molecule has 1 saturated carbocycles. The van der Waals surface area contributed by atoms with E-state index in [0.717, 1.165) is 58.3 Å². The van der Waals surface area contributed by atoms with E-state index in [1.54, 1.807) is 6.92 Å². The molecule has 0 aliphatic heterocycles. The first-order valence-electron chi connectivity index (χ1n) is 8.10. The molecule has 1 N–H and O–H groups in total. The standard InChI is InChI=1S/C16H30N2O2/c1-4-18(5-2)12-8-11-17-16(20)15-10-7-6-9-14(15)13(3)19/h14-15H,4-12H2,1-3H3,(H,17,20)/t14-,15-/m1/s1. The van der Waals surface area contributed by atoms with Crippen molar-refractivity contribution >= 4 is 11.7 Å². The van der Waals surface area contributed by atoms with Gasteiger partial charge in [-0.25, -0.2) is 0 Å². The summed E-state index contributed by atoms with van der Waals surface area (Å²) in [6.45, 7) is 9.78. The molecule has 0 aromatic heterocycles. The SMILES string of the molecule is CCN(CC)CCCNC(=O)[C@@H]1CCCC[C@@H]1C(C)=O. The molecule has 4 nitrogen and oxygen atoms in total. The lowest BCUT2D eigenvalue weighted by atomic mass is 9.77. The van der Waals surface area contributed by atoms with Crippen LogP contribution in [0.2, 0.25) is 0 Å². The molecule has 0 radical (unpaired) electrons. The molecule has 4 heteroatoms. The van der Waals surface area contributed by atoms with Crippen molar-refractivity contribution in [1.29, 1.82) is 0 Å². The smallest absolute Gasteiger partial charge is 0.223 e. The maximum Gasteiger partial charge on any atom is 0.223 e. The zero-order valence-corrected chi connectivity index (χ0v) is 13.3. The highest BCUT2D eigenvalue weighted by Crippen LogP contribution is 2.30. The van der Waals surface area contributed by atoms with Crippen molar-refractivity contribution in [2.24, 2.45) is 11.8 Å². The van der Waals surface area contributed by atoms with Crippen LogP contribution in [0.5, 0.6) is 0 Å². The Morgan fingerprint density at radius 3 is 2.25 bits per heavy atom. The van der Waals surface area contributed by atoms with Gasteiger partial charge in [-0.15, -0.1) is 0 Å². The maximum absolute atomic E-state index is 12.2. The van der Waals surface area contributed by atoms with Crippen molar-refractivity contribution in [2.75, 3.05) is 26.2 Å². The third-order valence-corrected chi connectivity index (χ3v) is 4.47. The van der Waals surface area contributed by atoms with E-state index in [4.69, 9.17) is 0 Å². The van der Waals surface area contributed by atoms with Crippen molar-refractivity contribution in [3.8, 4) is 0 Å². The van der Waals surface area contributed by atoms with E-state index < -0.39 is 0 Å². The number of amides is 1. The van der Waals surface area contributed by atoms with Crippen LogP contribution >= 0.6 is 0 Å². The van der Waals surface area contributed by atoms with E-state index in [9.17, 15) is 9.59 Å². The quantitative estimate of drug-likeness (QED) is 0.695. The fraction of sp³-hybridized carbons (Fsp3) is 0.875. The van der Waals surface area contributed by atoms with Crippen molar-refractivity contribution in [1.82, 2.24) is 10.2 Å². The minimum absolute atomic E-state index is 0.0495. The Morgan fingerprint density at radius 2 is 1.70 bits per heavy atom. The summed E-state index contributed by atoms with van der Waals surface area (Å²) in [6.07, 6.45) is 4.88. The third kappa shape index (κ3) is 5.23. The number of carbonyl (C=O) groups is 2. The van der Waals surface area contributed by atoms with Crippen molar-refractivity contribution in [3.05, 3.63) is 0 Å². The number of rotatable bonds is 8. The number of hydrogen-bond donors (Lipinski definition) is 1. The van der Waals surface area contributed by atoms with E-state index in [-0.39, 0.29) is 23.5 Å². The Labute approximate surface area is 123 Å². The molecule has 116 valence electrons. The van der Waals surface area contributed by atoms with Crippen molar-refractivity contribution in [3.63, 3.8) is 0 Å². The minimum Gasteiger partial charge on any atom is -0.356 e. The van der Waals surface area contributed by atoms with Gasteiger partial charge in [0.25, 0.3) is 0 Å². The molecule has 0 unspecified atom stereocenters. The molecule has 1 fully saturated rings. The fourth-order valence-corrected chi connectivity index (χ4v) is 3.12. The lowest BCUT2D eigenvalue weighted by Gasteiger charge is -2.28. The summed E-state index contributed by atoms with van der Waals surface area (Å²) in [6, 6.07) is 0. The Bertz CT molecular complexity index is 314. The lowest BCUT2D eigenvalue weighted by Crippen LogP contribution is -2.40. The Hall–Kier alpha value is -0.900. The van der Waals surface area contributed by atoms with Gasteiger partial charge in [0.2, 0.25) is 5.91 Å². The normalized spacial score (nSPS) is 22.8. The van der Waals surface area contributed by atoms with E-state index in [0.29, 0.717) is 0 Å². The summed E-state index contributed by atoms with van der Waals surface area (Å²) in [7, 11) is 0. The van der Waals surface area contributed by atoms with Gasteiger partial charge in [-0.2, -0.15) is 0 Å². The summed E-state index contributed by atoms with van der Waals surface area (Å²) >= 11 is 0. The predicted molar refractivity (Wildman–Crippen MR) is 81.5 cm³/mol. The van der Waals surface area contributed by atoms with E-state index in [1.165, 1.54) is 0 Å². The van der Waals surface area contributed by atoms with Crippen LogP contribution in [-0.4, -0.2) is 42.8 Å². The number of nitrogens with zero attached hydrogens (tertiary/aromatic N) is 1. The molecule has 20 heavy (non-hydrogen) atoms. The average Bonchev–Trinajstić information content (AvgIpc) is 2.47. The van der Waals surface area contributed by atoms with Crippen molar-refractivity contribution < 1.29 is 9.59 Å². The maximum atomic E-state index is 12.2. The van der Waals surface area contributed by atoms with E-state index in [2.05, 4.69) is 24.1 Å². The molecular formula is C16H30N2O2. The lowest BCUT2D eigenvalue weighted by molar-refractivity contribution is -0.134. The molecule has 0 bridgehead atoms. The van der Waals surface area contributed by atoms with Gasteiger partial charge in [0, 0.05) is 18.4 Å². The third-order valence-electron chi connectivity index (χ3n) is 4.47. The summed E-state index contributed by atoms with van der Waals surface area (Å²) in [5, 5.41) is 3.02. The number of Topliss-reactive ketones (excluding diaryl/α,β-unsaturated/α-hetero) is 1. The second-order valence-corrected chi connectivity index (χ2v) is 5.78. The summed E-state index contributed by atoms with van der Waals surface area (Å²) < 4.78 is 0. The van der Waals surface area contributed by atoms with Gasteiger partial charge in [0.05, 0.1) is 0 Å². The molecular weight excluding hydrogens is 252 g/mol. The van der Waals surface area contributed by atoms with Crippen LogP contribution < -0.4 is 5.32 Å². The highest BCUT2D eigenvalue weighted by Gasteiger charge is 2.33. The highest BCUT2D eigenvalue weighted by atomic mass is 16.2. The molecule has 1 aliphatic rings. The molecule has 1 aliphatic carbocycles. The first-order valence-corrected chi connectivity index (χ1v) is 8.10. The summed E-state index contributed by atoms with van der Waals surface area (Å²) in [5.41, 5.74) is 0. The van der Waals surface area contributed by atoms with Crippen LogP contribution in [0.3, 0.4) is 0 Å². The molecule has 1 rings (SSSR count). The monoisotopic (exact) mass is 282 g/mol. The molecule has 0 aromatic carbocycles. The van der Waals surface area contributed by atoms with Gasteiger partial charge in [-0.05, 0) is 45.8 Å². The molecule has 0 heterocycles. The number of carbonyl (C=O) groups excluding carboxylic acids is 2. The van der Waals surface area contributed by atoms with Crippen LogP contribution in [-0.2, 0) is 9.59 Å². The van der Waals surface area contributed by atoms with Crippen LogP contribution in [0.4, 0.5) is 0 Å². The Morgan fingerprint density at radius 1 is 1.10 bits per heavy atom. The van der Waals surface area contributed by atoms with Crippen LogP contribution in [0.1, 0.15) is 52.9 Å². The first kappa shape index (κ1) is 17.2. The second kappa shape index (κ2) is 9.11. The van der Waals surface area contributed by atoms with Gasteiger partial charge in [-0.1, -0.05) is 26.7 Å². The molecule has 0 spiro atoms. The van der Waals surface area contributed by atoms with Crippen LogP contribution in [0.25, 0.3) is 0 Å².